The fourth-order valence-electron chi connectivity index (χ4n) is 2.27. The molecule has 19 heavy (non-hydrogen) atoms. The van der Waals surface area contributed by atoms with Gasteiger partial charge < -0.3 is 11.2 Å². The zero-order chi connectivity index (χ0) is 13.2. The van der Waals surface area contributed by atoms with E-state index in [1.54, 1.807) is 0 Å². The number of nitrogen functional groups attached to an aromatic ring is 1. The van der Waals surface area contributed by atoms with Crippen LogP contribution in [-0.4, -0.2) is 5.71 Å². The highest BCUT2D eigenvalue weighted by molar-refractivity contribution is 6.30. The van der Waals surface area contributed by atoms with E-state index in [0.717, 1.165) is 34.0 Å². The van der Waals surface area contributed by atoms with Crippen LogP contribution in [0.5, 0.6) is 0 Å². The van der Waals surface area contributed by atoms with Gasteiger partial charge in [0.2, 0.25) is 0 Å². The van der Waals surface area contributed by atoms with Crippen molar-refractivity contribution in [3.05, 3.63) is 64.7 Å². The van der Waals surface area contributed by atoms with Gasteiger partial charge in [0.1, 0.15) is 0 Å². The van der Waals surface area contributed by atoms with Gasteiger partial charge in [-0.2, -0.15) is 5.10 Å². The third-order valence-corrected chi connectivity index (χ3v) is 3.55. The number of nitrogens with two attached hydrogens (primary N) is 1. The molecule has 0 bridgehead atoms. The third kappa shape index (κ3) is 2.42. The fourth-order valence-corrected chi connectivity index (χ4v) is 2.40. The molecule has 0 radical (unpaired) electrons. The summed E-state index contributed by atoms with van der Waals surface area (Å²) in [6.45, 7) is 0. The van der Waals surface area contributed by atoms with Gasteiger partial charge in [-0.15, -0.1) is 0 Å². The number of para-hydroxylation sites is 1. The van der Waals surface area contributed by atoms with Crippen molar-refractivity contribution in [3.63, 3.8) is 0 Å². The molecule has 0 aliphatic carbocycles. The van der Waals surface area contributed by atoms with Crippen molar-refractivity contribution in [1.82, 2.24) is 5.43 Å². The van der Waals surface area contributed by atoms with Crippen LogP contribution in [0, 0.1) is 0 Å². The summed E-state index contributed by atoms with van der Waals surface area (Å²) in [7, 11) is 0. The Morgan fingerprint density at radius 1 is 1.11 bits per heavy atom. The van der Waals surface area contributed by atoms with E-state index < -0.39 is 0 Å². The van der Waals surface area contributed by atoms with Crippen molar-refractivity contribution < 1.29 is 0 Å². The van der Waals surface area contributed by atoms with Gasteiger partial charge in [-0.3, -0.25) is 0 Å². The van der Waals surface area contributed by atoms with E-state index in [4.69, 9.17) is 17.3 Å². The van der Waals surface area contributed by atoms with Crippen LogP contribution in [0.3, 0.4) is 0 Å². The molecule has 1 aliphatic rings. The average Bonchev–Trinajstić information content (AvgIpc) is 2.89. The second-order valence-corrected chi connectivity index (χ2v) is 5.02. The highest BCUT2D eigenvalue weighted by Gasteiger charge is 2.22. The van der Waals surface area contributed by atoms with Crippen molar-refractivity contribution >= 4 is 23.0 Å². The van der Waals surface area contributed by atoms with Gasteiger partial charge in [-0.1, -0.05) is 41.9 Å². The predicted molar refractivity (Wildman–Crippen MR) is 79.3 cm³/mol. The molecule has 3 rings (SSSR count). The lowest BCUT2D eigenvalue weighted by Gasteiger charge is -2.12. The van der Waals surface area contributed by atoms with Crippen molar-refractivity contribution in [2.24, 2.45) is 5.10 Å². The Bertz CT molecular complexity index is 620. The number of nitrogens with one attached hydrogen (secondary N) is 1. The standard InChI is InChI=1S/C15H14ClN3/c16-11-7-5-10(6-8-11)14-9-15(19-18-14)12-3-1-2-4-13(12)17/h1-8,15,19H,9,17H2. The van der Waals surface area contributed by atoms with Crippen molar-refractivity contribution in [2.75, 3.05) is 5.73 Å². The van der Waals surface area contributed by atoms with Crippen LogP contribution < -0.4 is 11.2 Å². The minimum atomic E-state index is 0.145. The van der Waals surface area contributed by atoms with Gasteiger partial charge >= 0.3 is 0 Å². The van der Waals surface area contributed by atoms with Crippen molar-refractivity contribution in [3.8, 4) is 0 Å². The normalized spacial score (nSPS) is 17.9. The van der Waals surface area contributed by atoms with Gasteiger partial charge in [0.25, 0.3) is 0 Å². The maximum Gasteiger partial charge on any atom is 0.0765 e. The van der Waals surface area contributed by atoms with Gasteiger partial charge in [0.15, 0.2) is 0 Å². The summed E-state index contributed by atoms with van der Waals surface area (Å²) in [5.74, 6) is 0. The second kappa shape index (κ2) is 4.94. The maximum absolute atomic E-state index is 6.00. The molecular weight excluding hydrogens is 258 g/mol. The Hall–Kier alpha value is -2.00. The Labute approximate surface area is 117 Å². The lowest BCUT2D eigenvalue weighted by molar-refractivity contribution is 0.622. The van der Waals surface area contributed by atoms with Crippen LogP contribution >= 0.6 is 11.6 Å². The number of hydrazone groups is 1. The number of rotatable bonds is 2. The molecule has 0 saturated heterocycles. The largest absolute Gasteiger partial charge is 0.398 e. The lowest BCUT2D eigenvalue weighted by Crippen LogP contribution is -2.12. The van der Waals surface area contributed by atoms with Crippen LogP contribution in [-0.2, 0) is 0 Å². The minimum Gasteiger partial charge on any atom is -0.398 e. The molecule has 4 heteroatoms. The zero-order valence-electron chi connectivity index (χ0n) is 10.3. The van der Waals surface area contributed by atoms with E-state index in [-0.39, 0.29) is 6.04 Å². The summed E-state index contributed by atoms with van der Waals surface area (Å²) in [6.07, 6.45) is 0.829. The van der Waals surface area contributed by atoms with E-state index in [2.05, 4.69) is 10.5 Å². The summed E-state index contributed by atoms with van der Waals surface area (Å²) in [5.41, 5.74) is 13.2. The molecule has 3 nitrogen and oxygen atoms in total. The number of hydrogen-bond donors (Lipinski definition) is 2. The molecule has 2 aromatic rings. The first-order valence-corrected chi connectivity index (χ1v) is 6.54. The van der Waals surface area contributed by atoms with E-state index in [9.17, 15) is 0 Å². The molecular formula is C15H14ClN3. The Morgan fingerprint density at radius 2 is 1.84 bits per heavy atom. The average molecular weight is 272 g/mol. The Morgan fingerprint density at radius 3 is 2.58 bits per heavy atom. The molecule has 2 aromatic carbocycles. The fraction of sp³-hybridized carbons (Fsp3) is 0.133. The van der Waals surface area contributed by atoms with Crippen molar-refractivity contribution in [1.29, 1.82) is 0 Å². The predicted octanol–water partition coefficient (Wildman–Crippen LogP) is 3.36. The molecule has 1 atom stereocenters. The molecule has 0 fully saturated rings. The second-order valence-electron chi connectivity index (χ2n) is 4.58. The first-order chi connectivity index (χ1) is 9.24. The summed E-state index contributed by atoms with van der Waals surface area (Å²) < 4.78 is 0. The first-order valence-electron chi connectivity index (χ1n) is 6.16. The summed E-state index contributed by atoms with van der Waals surface area (Å²) in [6, 6.07) is 15.8. The molecule has 0 aromatic heterocycles. The number of anilines is 1. The molecule has 0 saturated carbocycles. The molecule has 1 unspecified atom stereocenters. The van der Waals surface area contributed by atoms with Crippen molar-refractivity contribution in [2.45, 2.75) is 12.5 Å². The first kappa shape index (κ1) is 12.1. The third-order valence-electron chi connectivity index (χ3n) is 3.30. The quantitative estimate of drug-likeness (QED) is 0.823. The number of benzene rings is 2. The summed E-state index contributed by atoms with van der Waals surface area (Å²) >= 11 is 5.89. The maximum atomic E-state index is 6.00. The van der Waals surface area contributed by atoms with Crippen LogP contribution in [0.4, 0.5) is 5.69 Å². The monoisotopic (exact) mass is 271 g/mol. The molecule has 0 amide bonds. The Kier molecular flexibility index (Phi) is 3.13. The van der Waals surface area contributed by atoms with Gasteiger partial charge in [0, 0.05) is 17.1 Å². The molecule has 1 aliphatic heterocycles. The highest BCUT2D eigenvalue weighted by atomic mass is 35.5. The van der Waals surface area contributed by atoms with Gasteiger partial charge in [-0.25, -0.2) is 0 Å². The van der Waals surface area contributed by atoms with Gasteiger partial charge in [-0.05, 0) is 29.3 Å². The van der Waals surface area contributed by atoms with E-state index >= 15 is 0 Å². The van der Waals surface area contributed by atoms with E-state index in [1.807, 2.05) is 48.5 Å². The molecule has 0 spiro atoms. The van der Waals surface area contributed by atoms with Gasteiger partial charge in [0.05, 0.1) is 11.8 Å². The van der Waals surface area contributed by atoms with Crippen LogP contribution in [0.15, 0.2) is 53.6 Å². The molecule has 3 N–H and O–H groups in total. The smallest absolute Gasteiger partial charge is 0.0765 e. The molecule has 96 valence electrons. The number of hydrogen-bond acceptors (Lipinski definition) is 3. The number of halogens is 1. The van der Waals surface area contributed by atoms with E-state index in [0.29, 0.717) is 0 Å². The highest BCUT2D eigenvalue weighted by Crippen LogP contribution is 2.28. The minimum absolute atomic E-state index is 0.145. The summed E-state index contributed by atoms with van der Waals surface area (Å²) in [4.78, 5) is 0. The van der Waals surface area contributed by atoms with Crippen LogP contribution in [0.2, 0.25) is 5.02 Å². The van der Waals surface area contributed by atoms with Crippen LogP contribution in [0.25, 0.3) is 0 Å². The zero-order valence-corrected chi connectivity index (χ0v) is 11.1. The topological polar surface area (TPSA) is 50.4 Å². The lowest BCUT2D eigenvalue weighted by atomic mass is 9.98. The SMILES string of the molecule is Nc1ccccc1C1CC(c2ccc(Cl)cc2)=NN1. The molecule has 1 heterocycles. The summed E-state index contributed by atoms with van der Waals surface area (Å²) in [5, 5.41) is 5.14. The van der Waals surface area contributed by atoms with E-state index in [1.165, 1.54) is 0 Å². The van der Waals surface area contributed by atoms with Crippen LogP contribution in [0.1, 0.15) is 23.6 Å². The number of nitrogens with zero attached hydrogens (tertiary/aromatic N) is 1. The Balaban J connectivity index is 1.80.